The fraction of sp³-hybridized carbons (Fsp3) is 0.400. The second-order valence-corrected chi connectivity index (χ2v) is 3.06. The Morgan fingerprint density at radius 3 is 3.00 bits per heavy atom. The van der Waals surface area contributed by atoms with E-state index in [0.717, 1.165) is 18.5 Å². The largest absolute Gasteiger partial charge is 0.350 e. The van der Waals surface area contributed by atoms with Gasteiger partial charge in [-0.2, -0.15) is 0 Å². The summed E-state index contributed by atoms with van der Waals surface area (Å²) in [5.74, 6) is 0. The summed E-state index contributed by atoms with van der Waals surface area (Å²) in [4.78, 5) is 12.0. The minimum atomic E-state index is 0.848. The van der Waals surface area contributed by atoms with Gasteiger partial charge in [0.05, 0.1) is 11.9 Å². The molecule has 0 unspecified atom stereocenters. The molecule has 0 aliphatic carbocycles. The Morgan fingerprint density at radius 1 is 1.62 bits per heavy atom. The van der Waals surface area contributed by atoms with Gasteiger partial charge in [0, 0.05) is 13.2 Å². The molecule has 0 saturated carbocycles. The third-order valence-electron chi connectivity index (χ3n) is 1.98. The van der Waals surface area contributed by atoms with Crippen molar-refractivity contribution in [3.05, 3.63) is 40.7 Å². The lowest BCUT2D eigenvalue weighted by atomic mass is 10.1. The highest BCUT2D eigenvalue weighted by Gasteiger charge is 2.05. The van der Waals surface area contributed by atoms with Gasteiger partial charge in [-0.25, -0.2) is 0 Å². The normalized spacial score (nSPS) is 19.1. The molecule has 0 N–H and O–H groups in total. The molecule has 0 spiro atoms. The van der Waals surface area contributed by atoms with Gasteiger partial charge >= 0.3 is 0 Å². The van der Waals surface area contributed by atoms with Crippen LogP contribution in [-0.4, -0.2) is 11.9 Å². The number of likely N-dealkylation sites (N-methyl/N-ethyl adjacent to an activating group) is 1. The zero-order valence-electron chi connectivity index (χ0n) is 8.03. The Hall–Kier alpha value is -1.38. The number of rotatable bonds is 3. The lowest BCUT2D eigenvalue weighted by Gasteiger charge is -2.19. The maximum Gasteiger partial charge on any atom is 0.0951 e. The standard InChI is InChI=1S/C10H14N2O/c1-3-4-9-5-6-12(2)10(7-9)8-11-13/h5-8H,3-4H2,1-2H3/b10-8+. The van der Waals surface area contributed by atoms with E-state index in [1.807, 2.05) is 24.2 Å². The fourth-order valence-electron chi connectivity index (χ4n) is 1.26. The van der Waals surface area contributed by atoms with Gasteiger partial charge in [-0.15, -0.1) is 4.91 Å². The van der Waals surface area contributed by atoms with Crippen LogP contribution in [0.2, 0.25) is 0 Å². The number of hydrogen-bond acceptors (Lipinski definition) is 3. The van der Waals surface area contributed by atoms with Crippen molar-refractivity contribution in [1.29, 1.82) is 0 Å². The SMILES string of the molecule is CCCC1=C/C(=C\N=O)N(C)C=C1. The molecule has 1 heterocycles. The molecule has 1 aliphatic rings. The Bertz CT molecular complexity index is 277. The van der Waals surface area contributed by atoms with Crippen LogP contribution in [0.1, 0.15) is 19.8 Å². The summed E-state index contributed by atoms with van der Waals surface area (Å²) in [6, 6.07) is 0. The Labute approximate surface area is 78.4 Å². The smallest absolute Gasteiger partial charge is 0.0951 e. The first-order chi connectivity index (χ1) is 6.27. The number of allylic oxidation sites excluding steroid dienone is 3. The molecule has 0 amide bonds. The van der Waals surface area contributed by atoms with Crippen molar-refractivity contribution in [2.45, 2.75) is 19.8 Å². The highest BCUT2D eigenvalue weighted by molar-refractivity contribution is 5.34. The molecule has 0 atom stereocenters. The Morgan fingerprint density at radius 2 is 2.38 bits per heavy atom. The molecule has 0 saturated heterocycles. The van der Waals surface area contributed by atoms with Crippen LogP contribution in [0.5, 0.6) is 0 Å². The summed E-state index contributed by atoms with van der Waals surface area (Å²) >= 11 is 0. The molecule has 70 valence electrons. The van der Waals surface area contributed by atoms with Crippen molar-refractivity contribution >= 4 is 0 Å². The first-order valence-electron chi connectivity index (χ1n) is 4.42. The second kappa shape index (κ2) is 4.60. The number of hydrogen-bond donors (Lipinski definition) is 0. The molecule has 0 aromatic carbocycles. The van der Waals surface area contributed by atoms with Crippen molar-refractivity contribution in [2.75, 3.05) is 7.05 Å². The van der Waals surface area contributed by atoms with Gasteiger partial charge in [-0.3, -0.25) is 0 Å². The average molecular weight is 178 g/mol. The summed E-state index contributed by atoms with van der Waals surface area (Å²) in [7, 11) is 1.90. The van der Waals surface area contributed by atoms with Gasteiger partial charge in [0.15, 0.2) is 0 Å². The fourth-order valence-corrected chi connectivity index (χ4v) is 1.26. The van der Waals surface area contributed by atoms with Crippen molar-refractivity contribution in [1.82, 2.24) is 4.90 Å². The van der Waals surface area contributed by atoms with Crippen molar-refractivity contribution in [2.24, 2.45) is 5.18 Å². The maximum absolute atomic E-state index is 10.1. The minimum Gasteiger partial charge on any atom is -0.350 e. The summed E-state index contributed by atoms with van der Waals surface area (Å²) < 4.78 is 0. The van der Waals surface area contributed by atoms with Gasteiger partial charge in [-0.05, 0) is 29.3 Å². The van der Waals surface area contributed by atoms with Gasteiger partial charge in [0.1, 0.15) is 0 Å². The number of nitroso groups, excluding NO2 is 1. The molecule has 3 heteroatoms. The predicted molar refractivity (Wildman–Crippen MR) is 53.8 cm³/mol. The van der Waals surface area contributed by atoms with E-state index in [1.54, 1.807) is 0 Å². The molecule has 13 heavy (non-hydrogen) atoms. The summed E-state index contributed by atoms with van der Waals surface area (Å²) in [5.41, 5.74) is 2.09. The topological polar surface area (TPSA) is 32.7 Å². The van der Waals surface area contributed by atoms with Gasteiger partial charge in [0.2, 0.25) is 0 Å². The molecule has 0 aromatic rings. The molecule has 1 aliphatic heterocycles. The first-order valence-corrected chi connectivity index (χ1v) is 4.42. The molecule has 0 radical (unpaired) electrons. The van der Waals surface area contributed by atoms with Gasteiger partial charge in [0.25, 0.3) is 0 Å². The summed E-state index contributed by atoms with van der Waals surface area (Å²) in [6.07, 6.45) is 9.49. The molecule has 0 fully saturated rings. The minimum absolute atomic E-state index is 0.848. The Kier molecular flexibility index (Phi) is 3.43. The lowest BCUT2D eigenvalue weighted by Crippen LogP contribution is -2.11. The third-order valence-corrected chi connectivity index (χ3v) is 1.98. The van der Waals surface area contributed by atoms with Crippen LogP contribution in [-0.2, 0) is 0 Å². The lowest BCUT2D eigenvalue weighted by molar-refractivity contribution is 0.577. The van der Waals surface area contributed by atoms with E-state index in [4.69, 9.17) is 0 Å². The quantitative estimate of drug-likeness (QED) is 0.622. The van der Waals surface area contributed by atoms with Crippen molar-refractivity contribution in [3.8, 4) is 0 Å². The number of nitrogens with zero attached hydrogens (tertiary/aromatic N) is 2. The molecule has 3 nitrogen and oxygen atoms in total. The van der Waals surface area contributed by atoms with E-state index in [2.05, 4.69) is 18.2 Å². The van der Waals surface area contributed by atoms with E-state index in [9.17, 15) is 4.91 Å². The average Bonchev–Trinajstić information content (AvgIpc) is 2.12. The van der Waals surface area contributed by atoms with Gasteiger partial charge < -0.3 is 4.90 Å². The van der Waals surface area contributed by atoms with Crippen LogP contribution in [0.4, 0.5) is 0 Å². The summed E-state index contributed by atoms with van der Waals surface area (Å²) in [5, 5.41) is 2.77. The van der Waals surface area contributed by atoms with Crippen molar-refractivity contribution in [3.63, 3.8) is 0 Å². The van der Waals surface area contributed by atoms with Crippen molar-refractivity contribution < 1.29 is 0 Å². The second-order valence-electron chi connectivity index (χ2n) is 3.06. The zero-order valence-corrected chi connectivity index (χ0v) is 8.03. The molecular weight excluding hydrogens is 164 g/mol. The van der Waals surface area contributed by atoms with Crippen LogP contribution in [0.15, 0.2) is 41.0 Å². The van der Waals surface area contributed by atoms with E-state index in [0.29, 0.717) is 0 Å². The third kappa shape index (κ3) is 2.54. The van der Waals surface area contributed by atoms with Crippen LogP contribution >= 0.6 is 0 Å². The zero-order chi connectivity index (χ0) is 9.68. The molecular formula is C10H14N2O. The van der Waals surface area contributed by atoms with Crippen LogP contribution in [0.3, 0.4) is 0 Å². The van der Waals surface area contributed by atoms with Gasteiger partial charge in [-0.1, -0.05) is 13.3 Å². The van der Waals surface area contributed by atoms with E-state index in [-0.39, 0.29) is 0 Å². The summed E-state index contributed by atoms with van der Waals surface area (Å²) in [6.45, 7) is 2.13. The van der Waals surface area contributed by atoms with Crippen LogP contribution < -0.4 is 0 Å². The first kappa shape index (κ1) is 9.71. The predicted octanol–water partition coefficient (Wildman–Crippen LogP) is 2.78. The monoisotopic (exact) mass is 178 g/mol. The molecule has 0 bridgehead atoms. The maximum atomic E-state index is 10.1. The molecule has 0 aromatic heterocycles. The van der Waals surface area contributed by atoms with E-state index in [1.165, 1.54) is 11.8 Å². The highest BCUT2D eigenvalue weighted by atomic mass is 16.2. The van der Waals surface area contributed by atoms with Crippen LogP contribution in [0, 0.1) is 4.91 Å². The van der Waals surface area contributed by atoms with E-state index >= 15 is 0 Å². The van der Waals surface area contributed by atoms with E-state index < -0.39 is 0 Å². The Balaban J connectivity index is 2.80. The highest BCUT2D eigenvalue weighted by Crippen LogP contribution is 2.18. The molecule has 1 rings (SSSR count). The van der Waals surface area contributed by atoms with Crippen LogP contribution in [0.25, 0.3) is 0 Å².